The van der Waals surface area contributed by atoms with E-state index in [0.717, 1.165) is 64.2 Å². The van der Waals surface area contributed by atoms with Gasteiger partial charge >= 0.3 is 0 Å². The number of benzene rings is 1. The van der Waals surface area contributed by atoms with E-state index in [1.165, 1.54) is 10.6 Å². The monoisotopic (exact) mass is 387 g/mol. The highest BCUT2D eigenvalue weighted by Crippen LogP contribution is 2.28. The number of likely N-dealkylation sites (tertiary alicyclic amines) is 1. The molecular weight excluding hydrogens is 354 g/mol. The Hall–Kier alpha value is -2.08. The van der Waals surface area contributed by atoms with Crippen molar-refractivity contribution in [3.05, 3.63) is 24.3 Å². The molecule has 2 amide bonds. The SMILES string of the molecule is CCOc1ccccc1N1CCN(CCCCCN2C(=O)CCCC2=O)CC1. The largest absolute Gasteiger partial charge is 0.492 e. The first-order chi connectivity index (χ1) is 13.7. The van der Waals surface area contributed by atoms with Gasteiger partial charge in [0.15, 0.2) is 0 Å². The van der Waals surface area contributed by atoms with Crippen LogP contribution >= 0.6 is 0 Å². The number of imide groups is 1. The molecule has 0 saturated carbocycles. The number of carbonyl (C=O) groups excluding carboxylic acids is 2. The van der Waals surface area contributed by atoms with Crippen LogP contribution in [-0.4, -0.2) is 67.5 Å². The lowest BCUT2D eigenvalue weighted by atomic mass is 10.1. The highest BCUT2D eigenvalue weighted by atomic mass is 16.5. The summed E-state index contributed by atoms with van der Waals surface area (Å²) in [6, 6.07) is 8.28. The van der Waals surface area contributed by atoms with E-state index in [1.54, 1.807) is 0 Å². The number of amides is 2. The fourth-order valence-corrected chi connectivity index (χ4v) is 4.04. The Morgan fingerprint density at radius 2 is 1.57 bits per heavy atom. The van der Waals surface area contributed by atoms with Gasteiger partial charge in [0.1, 0.15) is 5.75 Å². The van der Waals surface area contributed by atoms with Crippen molar-refractivity contribution in [1.29, 1.82) is 0 Å². The van der Waals surface area contributed by atoms with Gasteiger partial charge in [-0.1, -0.05) is 18.6 Å². The third-order valence-electron chi connectivity index (χ3n) is 5.62. The van der Waals surface area contributed by atoms with Gasteiger partial charge in [-0.2, -0.15) is 0 Å². The molecule has 1 aromatic rings. The summed E-state index contributed by atoms with van der Waals surface area (Å²) in [7, 11) is 0. The molecule has 0 atom stereocenters. The summed E-state index contributed by atoms with van der Waals surface area (Å²) in [6.45, 7) is 8.54. The smallest absolute Gasteiger partial charge is 0.229 e. The van der Waals surface area contributed by atoms with Gasteiger partial charge in [-0.25, -0.2) is 0 Å². The summed E-state index contributed by atoms with van der Waals surface area (Å²) < 4.78 is 5.77. The summed E-state index contributed by atoms with van der Waals surface area (Å²) in [5, 5.41) is 0. The average molecular weight is 388 g/mol. The first-order valence-corrected chi connectivity index (χ1v) is 10.7. The van der Waals surface area contributed by atoms with E-state index in [1.807, 2.05) is 19.1 Å². The van der Waals surface area contributed by atoms with E-state index in [9.17, 15) is 9.59 Å². The summed E-state index contributed by atoms with van der Waals surface area (Å²) in [5.41, 5.74) is 1.19. The number of unbranched alkanes of at least 4 members (excludes halogenated alkanes) is 2. The maximum absolute atomic E-state index is 11.8. The topological polar surface area (TPSA) is 53.1 Å². The van der Waals surface area contributed by atoms with Crippen LogP contribution in [0.4, 0.5) is 5.69 Å². The zero-order valence-corrected chi connectivity index (χ0v) is 17.1. The van der Waals surface area contributed by atoms with E-state index < -0.39 is 0 Å². The van der Waals surface area contributed by atoms with Crippen LogP contribution in [-0.2, 0) is 9.59 Å². The van der Waals surface area contributed by atoms with Crippen LogP contribution in [0.25, 0.3) is 0 Å². The molecule has 0 bridgehead atoms. The average Bonchev–Trinajstić information content (AvgIpc) is 2.71. The molecular formula is C22H33N3O3. The second kappa shape index (κ2) is 10.5. The number of ether oxygens (including phenoxy) is 1. The van der Waals surface area contributed by atoms with E-state index >= 15 is 0 Å². The Morgan fingerprint density at radius 3 is 2.29 bits per heavy atom. The molecule has 0 radical (unpaired) electrons. The molecule has 6 nitrogen and oxygen atoms in total. The predicted molar refractivity (Wildman–Crippen MR) is 111 cm³/mol. The van der Waals surface area contributed by atoms with Crippen molar-refractivity contribution >= 4 is 17.5 Å². The minimum absolute atomic E-state index is 0.0136. The van der Waals surface area contributed by atoms with Crippen LogP contribution in [0.1, 0.15) is 45.4 Å². The maximum atomic E-state index is 11.8. The number of piperidine rings is 1. The van der Waals surface area contributed by atoms with Crippen LogP contribution in [0.15, 0.2) is 24.3 Å². The lowest BCUT2D eigenvalue weighted by molar-refractivity contribution is -0.148. The van der Waals surface area contributed by atoms with Crippen molar-refractivity contribution in [2.24, 2.45) is 0 Å². The Labute approximate surface area is 168 Å². The number of nitrogens with zero attached hydrogens (tertiary/aromatic N) is 3. The maximum Gasteiger partial charge on any atom is 0.229 e. The molecule has 2 aliphatic rings. The fraction of sp³-hybridized carbons (Fsp3) is 0.636. The van der Waals surface area contributed by atoms with Crippen LogP contribution in [0.2, 0.25) is 0 Å². The minimum Gasteiger partial charge on any atom is -0.492 e. The quantitative estimate of drug-likeness (QED) is 0.482. The second-order valence-electron chi connectivity index (χ2n) is 7.58. The van der Waals surface area contributed by atoms with Crippen LogP contribution < -0.4 is 9.64 Å². The van der Waals surface area contributed by atoms with E-state index in [0.29, 0.717) is 26.0 Å². The number of carbonyl (C=O) groups is 2. The first kappa shape index (κ1) is 20.6. The highest BCUT2D eigenvalue weighted by molar-refractivity contribution is 5.97. The summed E-state index contributed by atoms with van der Waals surface area (Å²) in [4.78, 5) is 30.0. The molecule has 3 rings (SSSR count). The standard InChI is InChI=1S/C22H33N3O3/c1-2-28-20-10-5-4-9-19(20)24-17-15-23(16-18-24)13-6-3-7-14-25-21(26)11-8-12-22(25)27/h4-5,9-10H,2-3,6-8,11-18H2,1H3. The molecule has 0 spiro atoms. The van der Waals surface area contributed by atoms with Gasteiger partial charge in [0.05, 0.1) is 12.3 Å². The molecule has 0 unspecified atom stereocenters. The van der Waals surface area contributed by atoms with Crippen LogP contribution in [0.5, 0.6) is 5.75 Å². The molecule has 28 heavy (non-hydrogen) atoms. The number of para-hydroxylation sites is 2. The zero-order valence-electron chi connectivity index (χ0n) is 17.1. The molecule has 0 N–H and O–H groups in total. The zero-order chi connectivity index (χ0) is 19.8. The third-order valence-corrected chi connectivity index (χ3v) is 5.62. The molecule has 2 fully saturated rings. The van der Waals surface area contributed by atoms with Crippen molar-refractivity contribution < 1.29 is 14.3 Å². The van der Waals surface area contributed by atoms with E-state index in [-0.39, 0.29) is 11.8 Å². The fourth-order valence-electron chi connectivity index (χ4n) is 4.04. The number of anilines is 1. The third kappa shape index (κ3) is 5.47. The molecule has 1 aromatic carbocycles. The number of piperazine rings is 1. The van der Waals surface area contributed by atoms with E-state index in [4.69, 9.17) is 4.74 Å². The molecule has 6 heteroatoms. The van der Waals surface area contributed by atoms with Crippen molar-refractivity contribution in [2.45, 2.75) is 45.4 Å². The first-order valence-electron chi connectivity index (χ1n) is 10.7. The van der Waals surface area contributed by atoms with Crippen LogP contribution in [0.3, 0.4) is 0 Å². The second-order valence-corrected chi connectivity index (χ2v) is 7.58. The van der Waals surface area contributed by atoms with Gasteiger partial charge in [-0.15, -0.1) is 0 Å². The molecule has 2 heterocycles. The van der Waals surface area contributed by atoms with Crippen molar-refractivity contribution in [3.8, 4) is 5.75 Å². The lowest BCUT2D eigenvalue weighted by Crippen LogP contribution is -2.46. The number of rotatable bonds is 9. The Bertz CT molecular complexity index is 640. The van der Waals surface area contributed by atoms with Gasteiger partial charge in [0, 0.05) is 45.6 Å². The molecule has 154 valence electrons. The molecule has 2 aliphatic heterocycles. The van der Waals surface area contributed by atoms with Gasteiger partial charge < -0.3 is 9.64 Å². The van der Waals surface area contributed by atoms with E-state index in [2.05, 4.69) is 21.9 Å². The normalized spacial score (nSPS) is 18.6. The highest BCUT2D eigenvalue weighted by Gasteiger charge is 2.25. The summed E-state index contributed by atoms with van der Waals surface area (Å²) in [5.74, 6) is 1.000. The Balaban J connectivity index is 1.34. The Kier molecular flexibility index (Phi) is 7.71. The number of hydrogen-bond donors (Lipinski definition) is 0. The molecule has 2 saturated heterocycles. The number of hydrogen-bond acceptors (Lipinski definition) is 5. The van der Waals surface area contributed by atoms with Gasteiger partial charge in [0.2, 0.25) is 11.8 Å². The van der Waals surface area contributed by atoms with Gasteiger partial charge in [-0.3, -0.25) is 19.4 Å². The van der Waals surface area contributed by atoms with Gasteiger partial charge in [-0.05, 0) is 44.9 Å². The molecule has 0 aliphatic carbocycles. The lowest BCUT2D eigenvalue weighted by Gasteiger charge is -2.36. The van der Waals surface area contributed by atoms with Crippen molar-refractivity contribution in [3.63, 3.8) is 0 Å². The summed E-state index contributed by atoms with van der Waals surface area (Å²) >= 11 is 0. The predicted octanol–water partition coefficient (Wildman–Crippen LogP) is 2.92. The van der Waals surface area contributed by atoms with Crippen molar-refractivity contribution in [2.75, 3.05) is 50.8 Å². The molecule has 0 aromatic heterocycles. The van der Waals surface area contributed by atoms with Crippen LogP contribution in [0, 0.1) is 0 Å². The Morgan fingerprint density at radius 1 is 0.893 bits per heavy atom. The minimum atomic E-state index is 0.0136. The summed E-state index contributed by atoms with van der Waals surface area (Å²) in [6.07, 6.45) is 4.87. The van der Waals surface area contributed by atoms with Gasteiger partial charge in [0.25, 0.3) is 0 Å². The van der Waals surface area contributed by atoms with Crippen molar-refractivity contribution in [1.82, 2.24) is 9.80 Å².